The molecule has 0 aliphatic carbocycles. The Labute approximate surface area is 160 Å². The Hall–Kier alpha value is -3.11. The minimum Gasteiger partial charge on any atom is -0.380 e. The number of anilines is 1. The number of rotatable bonds is 7. The summed E-state index contributed by atoms with van der Waals surface area (Å²) >= 11 is 0. The fourth-order valence-electron chi connectivity index (χ4n) is 3.12. The van der Waals surface area contributed by atoms with E-state index in [4.69, 9.17) is 10.5 Å². The summed E-state index contributed by atoms with van der Waals surface area (Å²) in [7, 11) is 0. The Kier molecular flexibility index (Phi) is 5.81. The molecule has 1 fully saturated rings. The first-order valence-electron chi connectivity index (χ1n) is 8.85. The number of nitrogens with zero attached hydrogens (tertiary/aromatic N) is 1. The minimum absolute atomic E-state index is 0.0529. The highest BCUT2D eigenvalue weighted by Gasteiger charge is 2.44. The van der Waals surface area contributed by atoms with Crippen molar-refractivity contribution in [3.8, 4) is 0 Å². The molecule has 2 aliphatic heterocycles. The van der Waals surface area contributed by atoms with Gasteiger partial charge in [-0.3, -0.25) is 34.2 Å². The van der Waals surface area contributed by atoms with Gasteiger partial charge in [-0.1, -0.05) is 0 Å². The van der Waals surface area contributed by atoms with Crippen molar-refractivity contribution in [2.45, 2.75) is 25.3 Å². The molecule has 5 amide bonds. The number of nitrogens with two attached hydrogens (primary N) is 1. The maximum absolute atomic E-state index is 12.7. The Balaban J connectivity index is 1.70. The van der Waals surface area contributed by atoms with E-state index in [1.807, 2.05) is 0 Å². The zero-order valence-corrected chi connectivity index (χ0v) is 15.0. The fourth-order valence-corrected chi connectivity index (χ4v) is 3.12. The van der Waals surface area contributed by atoms with E-state index in [9.17, 15) is 24.0 Å². The number of amides is 5. The number of carbonyl (C=O) groups is 5. The van der Waals surface area contributed by atoms with Crippen molar-refractivity contribution in [2.75, 3.05) is 25.1 Å². The van der Waals surface area contributed by atoms with E-state index in [0.717, 1.165) is 4.90 Å². The van der Waals surface area contributed by atoms with Gasteiger partial charge in [-0.15, -0.1) is 0 Å². The summed E-state index contributed by atoms with van der Waals surface area (Å²) in [6.07, 6.45) is 0.256. The molecule has 0 aromatic heterocycles. The van der Waals surface area contributed by atoms with Crippen LogP contribution >= 0.6 is 0 Å². The topological polar surface area (TPSA) is 148 Å². The summed E-state index contributed by atoms with van der Waals surface area (Å²) in [5, 5.41) is 4.78. The third kappa shape index (κ3) is 3.92. The highest BCUT2D eigenvalue weighted by atomic mass is 16.5. The molecule has 2 aliphatic rings. The highest BCUT2D eigenvalue weighted by Crippen LogP contribution is 2.29. The molecule has 1 unspecified atom stereocenters. The molecule has 0 saturated carbocycles. The second kappa shape index (κ2) is 8.28. The molecule has 1 aromatic rings. The summed E-state index contributed by atoms with van der Waals surface area (Å²) in [6.45, 7) is 0.944. The van der Waals surface area contributed by atoms with Gasteiger partial charge in [0.1, 0.15) is 6.04 Å². The number of ether oxygens (including phenoxy) is 1. The molecule has 4 N–H and O–H groups in total. The van der Waals surface area contributed by atoms with Crippen molar-refractivity contribution in [1.29, 1.82) is 0 Å². The normalized spacial score (nSPS) is 18.9. The largest absolute Gasteiger partial charge is 0.380 e. The van der Waals surface area contributed by atoms with Gasteiger partial charge in [0.15, 0.2) is 0 Å². The average molecular weight is 388 g/mol. The quantitative estimate of drug-likeness (QED) is 0.417. The van der Waals surface area contributed by atoms with Crippen LogP contribution < -0.4 is 16.4 Å². The van der Waals surface area contributed by atoms with Crippen LogP contribution in [0.15, 0.2) is 18.2 Å². The monoisotopic (exact) mass is 388 g/mol. The summed E-state index contributed by atoms with van der Waals surface area (Å²) in [4.78, 5) is 61.5. The smallest absolute Gasteiger partial charge is 0.262 e. The molecule has 1 saturated heterocycles. The standard InChI is InChI=1S/C18H20N4O6/c19-6-8-28-7-5-15(24)20-10-1-2-11-12(9-10)18(27)22(17(11)26)13-3-4-14(23)21-16(13)25/h1-2,9,13H,3-8,19H2,(H,20,24)(H,21,23,25). The molecule has 28 heavy (non-hydrogen) atoms. The predicted molar refractivity (Wildman–Crippen MR) is 96.2 cm³/mol. The summed E-state index contributed by atoms with van der Waals surface area (Å²) in [6, 6.07) is 3.32. The van der Waals surface area contributed by atoms with Crippen molar-refractivity contribution in [3.05, 3.63) is 29.3 Å². The molecular weight excluding hydrogens is 368 g/mol. The highest BCUT2D eigenvalue weighted by molar-refractivity contribution is 6.23. The first-order chi connectivity index (χ1) is 13.4. The average Bonchev–Trinajstić information content (AvgIpc) is 2.90. The van der Waals surface area contributed by atoms with Crippen LogP contribution in [-0.4, -0.2) is 60.2 Å². The van der Waals surface area contributed by atoms with Crippen molar-refractivity contribution in [2.24, 2.45) is 5.73 Å². The third-order valence-electron chi connectivity index (χ3n) is 4.46. The van der Waals surface area contributed by atoms with Crippen molar-refractivity contribution in [3.63, 3.8) is 0 Å². The van der Waals surface area contributed by atoms with Gasteiger partial charge in [0.25, 0.3) is 11.8 Å². The Morgan fingerprint density at radius 1 is 1.18 bits per heavy atom. The number of hydrogen-bond donors (Lipinski definition) is 3. The van der Waals surface area contributed by atoms with Crippen LogP contribution in [-0.2, 0) is 19.1 Å². The van der Waals surface area contributed by atoms with Gasteiger partial charge in [0.2, 0.25) is 17.7 Å². The second-order valence-corrected chi connectivity index (χ2v) is 6.41. The lowest BCUT2D eigenvalue weighted by atomic mass is 10.0. The van der Waals surface area contributed by atoms with Gasteiger partial charge < -0.3 is 15.8 Å². The van der Waals surface area contributed by atoms with E-state index in [0.29, 0.717) is 18.8 Å². The Morgan fingerprint density at radius 2 is 1.93 bits per heavy atom. The maximum Gasteiger partial charge on any atom is 0.262 e. The van der Waals surface area contributed by atoms with Crippen LogP contribution in [0.4, 0.5) is 5.69 Å². The number of nitrogens with one attached hydrogen (secondary N) is 2. The van der Waals surface area contributed by atoms with Gasteiger partial charge in [-0.2, -0.15) is 0 Å². The zero-order valence-electron chi connectivity index (χ0n) is 15.0. The first kappa shape index (κ1) is 19.6. The van der Waals surface area contributed by atoms with E-state index in [2.05, 4.69) is 10.6 Å². The molecule has 1 atom stereocenters. The molecule has 0 radical (unpaired) electrons. The van der Waals surface area contributed by atoms with E-state index < -0.39 is 29.7 Å². The van der Waals surface area contributed by atoms with Gasteiger partial charge >= 0.3 is 0 Å². The number of hydrogen-bond acceptors (Lipinski definition) is 7. The van der Waals surface area contributed by atoms with E-state index in [1.54, 1.807) is 0 Å². The molecule has 1 aromatic carbocycles. The van der Waals surface area contributed by atoms with Crippen LogP contribution in [0.2, 0.25) is 0 Å². The van der Waals surface area contributed by atoms with E-state index in [1.165, 1.54) is 18.2 Å². The Morgan fingerprint density at radius 3 is 2.64 bits per heavy atom. The lowest BCUT2D eigenvalue weighted by Gasteiger charge is -2.27. The minimum atomic E-state index is -1.03. The van der Waals surface area contributed by atoms with Crippen molar-refractivity contribution in [1.82, 2.24) is 10.2 Å². The predicted octanol–water partition coefficient (Wildman–Crippen LogP) is -0.608. The fraction of sp³-hybridized carbons (Fsp3) is 0.389. The first-order valence-corrected chi connectivity index (χ1v) is 8.85. The molecule has 148 valence electrons. The van der Waals surface area contributed by atoms with Gasteiger partial charge in [0.05, 0.1) is 30.8 Å². The van der Waals surface area contributed by atoms with Gasteiger partial charge in [-0.05, 0) is 24.6 Å². The summed E-state index contributed by atoms with van der Waals surface area (Å²) in [5.74, 6) is -2.63. The maximum atomic E-state index is 12.7. The van der Waals surface area contributed by atoms with Crippen LogP contribution in [0.5, 0.6) is 0 Å². The molecule has 3 rings (SSSR count). The van der Waals surface area contributed by atoms with Crippen LogP contribution in [0, 0.1) is 0 Å². The third-order valence-corrected chi connectivity index (χ3v) is 4.46. The number of piperidine rings is 1. The molecule has 0 spiro atoms. The van der Waals surface area contributed by atoms with Gasteiger partial charge in [0, 0.05) is 18.7 Å². The Bertz CT molecular complexity index is 852. The number of carbonyl (C=O) groups excluding carboxylic acids is 5. The van der Waals surface area contributed by atoms with Crippen LogP contribution in [0.3, 0.4) is 0 Å². The van der Waals surface area contributed by atoms with E-state index in [-0.39, 0.29) is 42.9 Å². The van der Waals surface area contributed by atoms with Crippen LogP contribution in [0.1, 0.15) is 40.0 Å². The molecule has 2 heterocycles. The molecule has 10 nitrogen and oxygen atoms in total. The summed E-state index contributed by atoms with van der Waals surface area (Å²) in [5.41, 5.74) is 5.91. The number of fused-ring (bicyclic) bond motifs is 1. The number of benzene rings is 1. The van der Waals surface area contributed by atoms with Crippen molar-refractivity contribution < 1.29 is 28.7 Å². The lowest BCUT2D eigenvalue weighted by molar-refractivity contribution is -0.136. The van der Waals surface area contributed by atoms with E-state index >= 15 is 0 Å². The van der Waals surface area contributed by atoms with Crippen LogP contribution in [0.25, 0.3) is 0 Å². The SMILES string of the molecule is NCCOCCC(=O)Nc1ccc2c(c1)C(=O)N(C1CCC(=O)NC1=O)C2=O. The molecular formula is C18H20N4O6. The summed E-state index contributed by atoms with van der Waals surface area (Å²) < 4.78 is 5.14. The zero-order chi connectivity index (χ0) is 20.3. The van der Waals surface area contributed by atoms with Gasteiger partial charge in [-0.25, -0.2) is 0 Å². The second-order valence-electron chi connectivity index (χ2n) is 6.41. The molecule has 0 bridgehead atoms. The van der Waals surface area contributed by atoms with Crippen molar-refractivity contribution >= 4 is 35.2 Å². The lowest BCUT2D eigenvalue weighted by Crippen LogP contribution is -2.54. The molecule has 10 heteroatoms. The number of imide groups is 2.